The van der Waals surface area contributed by atoms with Crippen molar-refractivity contribution < 1.29 is 23.3 Å². The molecule has 0 nitrogen and oxygen atoms in total. The van der Waals surface area contributed by atoms with E-state index in [2.05, 4.69) is 20.8 Å². The van der Waals surface area contributed by atoms with Crippen LogP contribution >= 0.6 is 18.1 Å². The number of unbranched alkanes of at least 4 members (excludes halogenated alkanes) is 2. The Kier molecular flexibility index (Phi) is 39.6. The van der Waals surface area contributed by atoms with E-state index in [0.717, 1.165) is 0 Å². The van der Waals surface area contributed by atoms with Crippen LogP contribution in [0, 0.1) is 0 Å². The summed E-state index contributed by atoms with van der Waals surface area (Å²) in [4.78, 5) is 0. The Hall–Kier alpha value is 1.66. The minimum Gasteiger partial charge on any atom is -0.153 e. The van der Waals surface area contributed by atoms with Gasteiger partial charge < -0.3 is 0 Å². The monoisotopic (exact) mass is 372 g/mol. The van der Waals surface area contributed by atoms with Gasteiger partial charge in [0, 0.05) is 0 Å². The zero-order valence-electron chi connectivity index (χ0n) is 7.62. The van der Waals surface area contributed by atoms with E-state index < -0.39 is 23.3 Å². The summed E-state index contributed by atoms with van der Waals surface area (Å²) in [7, 11) is 5.41. The fourth-order valence-corrected chi connectivity index (χ4v) is 0.354. The first-order valence-electron chi connectivity index (χ1n) is 3.89. The van der Waals surface area contributed by atoms with Crippen LogP contribution in [0.4, 0.5) is 0 Å². The van der Waals surface area contributed by atoms with Crippen molar-refractivity contribution in [2.45, 2.75) is 44.0 Å². The molecule has 0 rings (SSSR count). The summed E-state index contributed by atoms with van der Waals surface area (Å²) in [5.41, 5.74) is 0. The second-order valence-electron chi connectivity index (χ2n) is 2.04. The Morgan fingerprint density at radius 3 is 1.40 bits per heavy atom. The van der Waals surface area contributed by atoms with Crippen molar-refractivity contribution >= 4 is 18.1 Å². The molecule has 0 aliphatic rings. The fraction of sp³-hybridized carbons (Fsp3) is 1.00. The molecule has 0 fully saturated rings. The van der Waals surface area contributed by atoms with E-state index in [0.29, 0.717) is 0 Å². The molecule has 0 amide bonds. The van der Waals surface area contributed by atoms with Gasteiger partial charge in [-0.1, -0.05) is 33.1 Å². The molecule has 1 unspecified atom stereocenters. The van der Waals surface area contributed by atoms with Crippen LogP contribution in [0.15, 0.2) is 0 Å². The molecule has 0 spiro atoms. The Morgan fingerprint density at radius 1 is 1.10 bits per heavy atom. The molecule has 10 heavy (non-hydrogen) atoms. The van der Waals surface area contributed by atoms with Gasteiger partial charge in [-0.05, 0) is 0 Å². The van der Waals surface area contributed by atoms with E-state index >= 15 is 0 Å². The molecule has 0 aromatic heterocycles. The first-order valence-corrected chi connectivity index (χ1v) is 14.5. The van der Waals surface area contributed by atoms with E-state index in [1.54, 1.807) is 0 Å². The second kappa shape index (κ2) is 22.4. The van der Waals surface area contributed by atoms with Gasteiger partial charge in [0.25, 0.3) is 0 Å². The first kappa shape index (κ1) is 17.7. The quantitative estimate of drug-likeness (QED) is 0.521. The summed E-state index contributed by atoms with van der Waals surface area (Å²) in [6.07, 6.45) is 4.08. The molecule has 0 saturated heterocycles. The van der Waals surface area contributed by atoms with E-state index in [-0.39, 0.29) is 9.90 Å². The van der Waals surface area contributed by atoms with Gasteiger partial charge >= 0.3 is 42.4 Å². The Labute approximate surface area is 85.0 Å². The van der Waals surface area contributed by atoms with Gasteiger partial charge in [0.2, 0.25) is 0 Å². The van der Waals surface area contributed by atoms with Crippen LogP contribution in [0.3, 0.4) is 0 Å². The van der Waals surface area contributed by atoms with Crippen LogP contribution in [0.25, 0.3) is 0 Å². The summed E-state index contributed by atoms with van der Waals surface area (Å²) >= 11 is -0.640. The molecule has 0 radical (unpaired) electrons. The molecule has 3 heteroatoms. The normalized spacial score (nSPS) is 6.40. The number of hydrogen-bond acceptors (Lipinski definition) is 0. The molecule has 0 aromatic carbocycles. The Bertz CT molecular complexity index is 32.8. The maximum absolute atomic E-state index is 5.41. The van der Waals surface area contributed by atoms with Crippen LogP contribution in [-0.4, -0.2) is 0 Å². The van der Waals surface area contributed by atoms with Gasteiger partial charge in [-0.15, -0.1) is 0 Å². The number of rotatable bonds is 3. The standard InChI is InChI=1S/C5H12.C2H5.ClH.Hg.H3P/c1-3-5-4-2;1-2;;;/h3-5H2,1-2H3;1H2,2H3;1H;;1H3/q;;;+1;/p-1. The van der Waals surface area contributed by atoms with E-state index in [1.807, 2.05) is 0 Å². The van der Waals surface area contributed by atoms with Crippen molar-refractivity contribution in [1.29, 1.82) is 0 Å². The molecule has 0 aliphatic heterocycles. The predicted octanol–water partition coefficient (Wildman–Crippen LogP) is 3.92. The largest absolute Gasteiger partial charge is 0.153 e. The smallest absolute Gasteiger partial charge is 0.153 e. The minimum atomic E-state index is -0.640. The molecule has 0 aliphatic carbocycles. The average molecular weight is 371 g/mol. The molecular weight excluding hydrogens is 351 g/mol. The molecule has 0 N–H and O–H groups in total. The Morgan fingerprint density at radius 2 is 1.40 bits per heavy atom. The molecule has 1 atom stereocenters. The van der Waals surface area contributed by atoms with Gasteiger partial charge in [0.1, 0.15) is 0 Å². The van der Waals surface area contributed by atoms with E-state index in [4.69, 9.17) is 8.25 Å². The van der Waals surface area contributed by atoms with Crippen molar-refractivity contribution in [3.8, 4) is 0 Å². The third-order valence-electron chi connectivity index (χ3n) is 0.896. The van der Waals surface area contributed by atoms with Gasteiger partial charge in [0.05, 0.1) is 0 Å². The molecule has 0 aromatic rings. The predicted molar refractivity (Wildman–Crippen MR) is 52.6 cm³/mol. The van der Waals surface area contributed by atoms with Crippen molar-refractivity contribution in [3.05, 3.63) is 0 Å². The summed E-state index contributed by atoms with van der Waals surface area (Å²) in [6.45, 7) is 6.57. The van der Waals surface area contributed by atoms with Crippen molar-refractivity contribution in [1.82, 2.24) is 0 Å². The van der Waals surface area contributed by atoms with Gasteiger partial charge in [-0.3, -0.25) is 0 Å². The van der Waals surface area contributed by atoms with E-state index in [9.17, 15) is 0 Å². The maximum atomic E-state index is 5.41. The van der Waals surface area contributed by atoms with Crippen molar-refractivity contribution in [3.63, 3.8) is 0 Å². The van der Waals surface area contributed by atoms with Crippen LogP contribution in [0.5, 0.6) is 0 Å². The average Bonchev–Trinajstić information content (AvgIpc) is 1.91. The maximum Gasteiger partial charge on any atom is -0.153 e. The zero-order valence-corrected chi connectivity index (χ0v) is 15.3. The van der Waals surface area contributed by atoms with Crippen LogP contribution in [0.1, 0.15) is 40.0 Å². The van der Waals surface area contributed by atoms with Crippen molar-refractivity contribution in [2.75, 3.05) is 0 Å². The third-order valence-corrected chi connectivity index (χ3v) is 5.68. The van der Waals surface area contributed by atoms with Crippen LogP contribution in [-0.2, 0) is 23.3 Å². The van der Waals surface area contributed by atoms with Crippen LogP contribution in [0.2, 0.25) is 3.93 Å². The topological polar surface area (TPSA) is 0 Å². The van der Waals surface area contributed by atoms with Crippen molar-refractivity contribution in [2.24, 2.45) is 0 Å². The summed E-state index contributed by atoms with van der Waals surface area (Å²) in [6, 6.07) is 0. The van der Waals surface area contributed by atoms with Gasteiger partial charge in [-0.2, -0.15) is 9.90 Å². The second-order valence-corrected chi connectivity index (χ2v) is 10.7. The molecule has 0 heterocycles. The molecular formula is C7H20ClHgP. The summed E-state index contributed by atoms with van der Waals surface area (Å²) in [5.74, 6) is 0. The SMILES string of the molecule is CCCCC.C[CH2][Hg][Cl].P. The molecule has 0 bridgehead atoms. The first-order chi connectivity index (χ1) is 4.33. The minimum absolute atomic E-state index is 0. The number of hydrogen-bond donors (Lipinski definition) is 0. The van der Waals surface area contributed by atoms with Crippen LogP contribution < -0.4 is 0 Å². The molecule has 0 saturated carbocycles. The zero-order chi connectivity index (χ0) is 7.54. The Balaban J connectivity index is -0.0000000910. The van der Waals surface area contributed by atoms with E-state index in [1.165, 1.54) is 23.2 Å². The third kappa shape index (κ3) is 33.4. The fourth-order valence-electron chi connectivity index (χ4n) is 0.354. The van der Waals surface area contributed by atoms with Gasteiger partial charge in [0.15, 0.2) is 0 Å². The van der Waals surface area contributed by atoms with Gasteiger partial charge in [-0.25, -0.2) is 0 Å². The molecule has 62 valence electrons. The summed E-state index contributed by atoms with van der Waals surface area (Å²) < 4.78 is 1.31. The summed E-state index contributed by atoms with van der Waals surface area (Å²) in [5, 5.41) is 0. The number of halogens is 1.